The summed E-state index contributed by atoms with van der Waals surface area (Å²) in [5.41, 5.74) is 27.1. The van der Waals surface area contributed by atoms with E-state index in [2.05, 4.69) is 333 Å². The van der Waals surface area contributed by atoms with Gasteiger partial charge in [-0.3, -0.25) is 9.59 Å². The standard InChI is InChI=1S/2C21H22N.2C21H20N.C13H24O2.2C12H10N.C11H20O2.4Ir/c2*1-14(2)9-17-5-6-20-18(13-17)7-8-22-21(20)19-11-15(3)10-16(4)12-19;1-21(2,3)19-12-13-22-20(15-19)18-11-7-10-17(14-18)16-8-5-4-6-9-16;1-21(2,3)19-12-13-20(22-15-19)18-11-7-10-17(14-18)16-8-5-4-6-9-16;1-5-10(6-2)12(14)9-13(15)11(7-3)8-4;2*1-10-7-8-12(13-9-10)11-5-3-2-4-6-11;1-5-8(3)10(12)7-11(13)9(4)6-2;;;;/h2*5-8,10-11,13-14H,9H2,1-4H3;2*4-10,12-15H,1-3H3;9-11,14H,5-8H2,1-4H3;2*2-5,7-9H,1H3;7-9,12H,5-6H2,1-4H3;;;;/q4*-1;;2*-1;;;;;/i;;;;;2*1D3;;;;;. The number of hydrogen-bond acceptors (Lipinski definition) is 10. The number of carbonyl (C=O) groups excluding carboxylic acids is 2. The molecule has 0 spiro atoms. The number of pyridine rings is 6. The van der Waals surface area contributed by atoms with Crippen LogP contribution >= 0.6 is 0 Å². The van der Waals surface area contributed by atoms with Gasteiger partial charge in [0.2, 0.25) is 0 Å². The first-order valence-electron chi connectivity index (χ1n) is 53.0. The van der Waals surface area contributed by atoms with Gasteiger partial charge in [0.25, 0.3) is 0 Å². The van der Waals surface area contributed by atoms with Gasteiger partial charge in [0.1, 0.15) is 0 Å². The van der Waals surface area contributed by atoms with E-state index in [0.29, 0.717) is 11.8 Å². The van der Waals surface area contributed by atoms with Crippen molar-refractivity contribution >= 4 is 33.1 Å². The van der Waals surface area contributed by atoms with Crippen molar-refractivity contribution in [2.24, 2.45) is 35.5 Å². The maximum absolute atomic E-state index is 11.7. The van der Waals surface area contributed by atoms with Crippen molar-refractivity contribution in [3.05, 3.63) is 420 Å². The minimum Gasteiger partial charge on any atom is -0.512 e. The van der Waals surface area contributed by atoms with Crippen LogP contribution in [0, 0.1) is 113 Å². The summed E-state index contributed by atoms with van der Waals surface area (Å²) in [5, 5.41) is 24.2. The topological polar surface area (TPSA) is 152 Å². The average Bonchev–Trinajstić information content (AvgIpc) is 0.792. The number of hydrogen-bond donors (Lipinski definition) is 2. The van der Waals surface area contributed by atoms with Crippen molar-refractivity contribution in [1.82, 2.24) is 29.9 Å². The number of aliphatic hydroxyl groups is 2. The molecule has 0 bridgehead atoms. The number of carbonyl (C=O) groups is 2. The minimum atomic E-state index is -2.09. The maximum Gasteiger partial charge on any atom is 0.162 e. The molecule has 10 nitrogen and oxygen atoms in total. The molecular formula is C132H148Ir4N6O4-6. The maximum atomic E-state index is 11.7. The molecule has 0 amide bonds. The Balaban J connectivity index is 0.000000306. The van der Waals surface area contributed by atoms with Crippen LogP contribution in [0.1, 0.15) is 227 Å². The zero-order valence-electron chi connectivity index (χ0n) is 94.9. The molecule has 14 heteroatoms. The van der Waals surface area contributed by atoms with Crippen LogP contribution in [0.4, 0.5) is 0 Å². The molecule has 0 aliphatic carbocycles. The third-order valence-electron chi connectivity index (χ3n) is 24.5. The second kappa shape index (κ2) is 63.4. The molecule has 2 atom stereocenters. The van der Waals surface area contributed by atoms with Crippen LogP contribution in [-0.2, 0) is 114 Å². The van der Waals surface area contributed by atoms with Crippen molar-refractivity contribution in [2.45, 2.75) is 228 Å². The number of ketones is 2. The predicted molar refractivity (Wildman–Crippen MR) is 598 cm³/mol. The van der Waals surface area contributed by atoms with E-state index in [-0.39, 0.29) is 149 Å². The fraction of sp³-hybridized carbons (Fsp3) is 0.303. The van der Waals surface area contributed by atoms with Crippen LogP contribution < -0.4 is 0 Å². The Hall–Kier alpha value is -11.4. The molecule has 772 valence electrons. The van der Waals surface area contributed by atoms with Gasteiger partial charge >= 0.3 is 0 Å². The summed E-state index contributed by atoms with van der Waals surface area (Å²) >= 11 is 0. The third-order valence-corrected chi connectivity index (χ3v) is 24.5. The van der Waals surface area contributed by atoms with Crippen LogP contribution in [-0.4, -0.2) is 51.7 Å². The van der Waals surface area contributed by atoms with Gasteiger partial charge in [-0.1, -0.05) is 292 Å². The summed E-state index contributed by atoms with van der Waals surface area (Å²) < 4.78 is 43.4. The number of nitrogens with zero attached hydrogens (tertiary/aromatic N) is 6. The molecule has 10 aromatic carbocycles. The molecule has 6 aromatic heterocycles. The number of rotatable bonds is 24. The van der Waals surface area contributed by atoms with Crippen molar-refractivity contribution in [3.63, 3.8) is 0 Å². The minimum absolute atomic E-state index is 0. The number of fused-ring (bicyclic) bond motifs is 2. The molecule has 0 aliphatic heterocycles. The first-order chi connectivity index (χ1) is 70.4. The van der Waals surface area contributed by atoms with Crippen molar-refractivity contribution in [3.8, 4) is 89.8 Å². The van der Waals surface area contributed by atoms with Gasteiger partial charge in [-0.2, -0.15) is 0 Å². The van der Waals surface area contributed by atoms with Crippen molar-refractivity contribution < 1.29 is 108 Å². The average molecular weight is 2660 g/mol. The van der Waals surface area contributed by atoms with Crippen molar-refractivity contribution in [2.75, 3.05) is 0 Å². The van der Waals surface area contributed by atoms with Gasteiger partial charge in [0.15, 0.2) is 11.6 Å². The zero-order chi connectivity index (χ0) is 108. The van der Waals surface area contributed by atoms with Gasteiger partial charge in [0.05, 0.1) is 11.5 Å². The van der Waals surface area contributed by atoms with E-state index in [0.717, 1.165) is 130 Å². The fourth-order valence-corrected chi connectivity index (χ4v) is 15.8. The Kier molecular flexibility index (Phi) is 49.9. The molecule has 6 heterocycles. The number of aryl methyl sites for hydroxylation is 6. The van der Waals surface area contributed by atoms with Gasteiger partial charge in [-0.15, -0.1) is 212 Å². The Morgan fingerprint density at radius 3 is 1.12 bits per heavy atom. The predicted octanol–water partition coefficient (Wildman–Crippen LogP) is 34.7. The SMILES string of the molecule is CC(C)(C)c1ccc(-c2[c-]ccc(-c3ccccc3)c2)nc1.CC(C)(C)c1ccnc(-c2[c-]ccc(-c3ccccc3)c2)c1.CCC(C)C(=O)C=C(O)C(C)CC.CCC(CC)C(=O)C=C(O)C(CC)CC.Cc1[c-]c(-c2nccc3cc(CC(C)C)ccc23)cc(C)c1.Cc1[c-]c(-c2nccc3cc(CC(C)C)ccc23)cc(C)c1.[2H]C([2H])([2H])c1ccc(-c2[c-]cccc2)nc1.[2H]C([2H])([2H])c1ccc(-c2[c-]cccc2)nc1.[Ir].[Ir].[Ir].[Ir]. The number of allylic oxidation sites excluding steroid dienone is 4. The van der Waals surface area contributed by atoms with E-state index >= 15 is 0 Å². The van der Waals surface area contributed by atoms with E-state index in [1.54, 1.807) is 36.4 Å². The molecular weight excluding hydrogens is 2500 g/mol. The molecule has 0 saturated carbocycles. The second-order valence-electron chi connectivity index (χ2n) is 39.2. The summed E-state index contributed by atoms with van der Waals surface area (Å²) in [6, 6.07) is 109. The van der Waals surface area contributed by atoms with Gasteiger partial charge < -0.3 is 40.1 Å². The summed E-state index contributed by atoms with van der Waals surface area (Å²) in [7, 11) is 0. The molecule has 0 saturated heterocycles. The van der Waals surface area contributed by atoms with Gasteiger partial charge in [-0.25, -0.2) is 0 Å². The third kappa shape index (κ3) is 40.4. The number of aliphatic hydroxyl groups excluding tert-OH is 2. The van der Waals surface area contributed by atoms with Gasteiger partial charge in [0, 0.05) is 162 Å². The number of benzene rings is 10. The largest absolute Gasteiger partial charge is 0.512 e. The molecule has 0 aliphatic rings. The summed E-state index contributed by atoms with van der Waals surface area (Å²) in [6.07, 6.45) is 20.6. The molecule has 2 unspecified atom stereocenters. The molecule has 0 fully saturated rings. The Bertz CT molecular complexity index is 6660. The van der Waals surface area contributed by atoms with E-state index in [9.17, 15) is 19.8 Å². The molecule has 16 rings (SSSR count). The molecule has 16 aromatic rings. The Morgan fingerprint density at radius 2 is 0.747 bits per heavy atom. The monoisotopic (exact) mass is 2660 g/mol. The normalized spacial score (nSPS) is 12.2. The molecule has 146 heavy (non-hydrogen) atoms. The second-order valence-corrected chi connectivity index (χ2v) is 39.2. The quantitative estimate of drug-likeness (QED) is 0.0340. The van der Waals surface area contributed by atoms with Crippen LogP contribution in [0.15, 0.2) is 328 Å². The van der Waals surface area contributed by atoms with Crippen LogP contribution in [0.25, 0.3) is 111 Å². The Labute approximate surface area is 937 Å². The van der Waals surface area contributed by atoms with E-state index in [4.69, 9.17) is 8.22 Å². The van der Waals surface area contributed by atoms with Gasteiger partial charge in [-0.05, 0) is 206 Å². The molecule has 4 radical (unpaired) electrons. The van der Waals surface area contributed by atoms with E-state index in [1.807, 2.05) is 141 Å². The first-order valence-corrected chi connectivity index (χ1v) is 50.0. The van der Waals surface area contributed by atoms with E-state index < -0.39 is 13.7 Å². The van der Waals surface area contributed by atoms with Crippen LogP contribution in [0.2, 0.25) is 0 Å². The summed E-state index contributed by atoms with van der Waals surface area (Å²) in [4.78, 5) is 49.7. The Morgan fingerprint density at radius 1 is 0.342 bits per heavy atom. The summed E-state index contributed by atoms with van der Waals surface area (Å²) in [6.45, 7) is 42.3. The smallest absolute Gasteiger partial charge is 0.162 e. The fourth-order valence-electron chi connectivity index (χ4n) is 15.8. The summed E-state index contributed by atoms with van der Waals surface area (Å²) in [5.74, 6) is 2.25. The van der Waals surface area contributed by atoms with Crippen LogP contribution in [0.3, 0.4) is 0 Å². The molecule has 2 N–H and O–H groups in total. The van der Waals surface area contributed by atoms with Crippen molar-refractivity contribution in [1.29, 1.82) is 0 Å². The first kappa shape index (κ1) is 115. The van der Waals surface area contributed by atoms with Crippen LogP contribution in [0.5, 0.6) is 0 Å². The zero-order valence-corrected chi connectivity index (χ0v) is 98.5. The van der Waals surface area contributed by atoms with E-state index in [1.165, 1.54) is 102 Å². The number of aromatic nitrogens is 6.